The second kappa shape index (κ2) is 5.25. The molecule has 96 valence electrons. The van der Waals surface area contributed by atoms with Crippen molar-refractivity contribution in [3.05, 3.63) is 52.1 Å². The highest BCUT2D eigenvalue weighted by atomic mass is 35.5. The molecular weight excluding hydrogens is 267 g/mol. The fraction of sp³-hybridized carbons (Fsp3) is 0.143. The van der Waals surface area contributed by atoms with Crippen molar-refractivity contribution in [2.45, 2.75) is 13.8 Å². The maximum absolute atomic E-state index is 13.7. The molecule has 5 heteroatoms. The molecule has 0 amide bonds. The summed E-state index contributed by atoms with van der Waals surface area (Å²) in [7, 11) is 0. The first-order valence-electron chi connectivity index (χ1n) is 5.52. The van der Waals surface area contributed by atoms with Crippen LogP contribution in [0.3, 0.4) is 0 Å². The van der Waals surface area contributed by atoms with Crippen molar-refractivity contribution in [1.29, 1.82) is 5.26 Å². The molecule has 0 radical (unpaired) electrons. The summed E-state index contributed by atoms with van der Waals surface area (Å²) in [5.41, 5.74) is 1.53. The molecular formula is C14H10ClFN2O. The summed E-state index contributed by atoms with van der Waals surface area (Å²) in [6, 6.07) is 7.70. The average molecular weight is 277 g/mol. The van der Waals surface area contributed by atoms with Crippen molar-refractivity contribution in [3.8, 4) is 17.6 Å². The molecule has 2 rings (SSSR count). The molecule has 0 aliphatic carbocycles. The minimum atomic E-state index is -0.580. The molecule has 19 heavy (non-hydrogen) atoms. The van der Waals surface area contributed by atoms with Crippen LogP contribution in [0.1, 0.15) is 17.0 Å². The van der Waals surface area contributed by atoms with E-state index in [1.165, 1.54) is 12.1 Å². The molecule has 1 heterocycles. The monoisotopic (exact) mass is 276 g/mol. The number of hydrogen-bond acceptors (Lipinski definition) is 3. The van der Waals surface area contributed by atoms with Crippen molar-refractivity contribution in [2.24, 2.45) is 0 Å². The van der Waals surface area contributed by atoms with Gasteiger partial charge in [-0.25, -0.2) is 4.39 Å². The van der Waals surface area contributed by atoms with E-state index in [1.807, 2.05) is 6.07 Å². The van der Waals surface area contributed by atoms with E-state index in [2.05, 4.69) is 4.98 Å². The maximum Gasteiger partial charge on any atom is 0.167 e. The summed E-state index contributed by atoms with van der Waals surface area (Å²) in [5, 5.41) is 9.38. The lowest BCUT2D eigenvalue weighted by Crippen LogP contribution is -1.97. The zero-order valence-electron chi connectivity index (χ0n) is 10.4. The van der Waals surface area contributed by atoms with Gasteiger partial charge in [-0.2, -0.15) is 5.26 Å². The van der Waals surface area contributed by atoms with Gasteiger partial charge in [0, 0.05) is 16.8 Å². The topological polar surface area (TPSA) is 45.9 Å². The summed E-state index contributed by atoms with van der Waals surface area (Å²) >= 11 is 5.67. The number of halogens is 2. The van der Waals surface area contributed by atoms with E-state index >= 15 is 0 Å². The highest BCUT2D eigenvalue weighted by Gasteiger charge is 2.12. The Balaban J connectivity index is 2.46. The average Bonchev–Trinajstić information content (AvgIpc) is 2.32. The number of hydrogen-bond donors (Lipinski definition) is 0. The Labute approximate surface area is 115 Å². The van der Waals surface area contributed by atoms with Crippen LogP contribution in [0.2, 0.25) is 5.02 Å². The third-order valence-corrected chi connectivity index (χ3v) is 2.75. The van der Waals surface area contributed by atoms with Crippen LogP contribution in [-0.4, -0.2) is 4.98 Å². The summed E-state index contributed by atoms with van der Waals surface area (Å²) < 4.78 is 19.1. The fourth-order valence-electron chi connectivity index (χ4n) is 1.69. The normalized spacial score (nSPS) is 10.1. The van der Waals surface area contributed by atoms with Crippen molar-refractivity contribution < 1.29 is 9.13 Å². The van der Waals surface area contributed by atoms with E-state index < -0.39 is 5.82 Å². The third-order valence-electron chi connectivity index (χ3n) is 2.52. The quantitative estimate of drug-likeness (QED) is 0.827. The second-order valence-electron chi connectivity index (χ2n) is 4.01. The van der Waals surface area contributed by atoms with Crippen LogP contribution in [0.4, 0.5) is 4.39 Å². The predicted molar refractivity (Wildman–Crippen MR) is 69.9 cm³/mol. The van der Waals surface area contributed by atoms with Crippen LogP contribution in [0.15, 0.2) is 24.3 Å². The minimum absolute atomic E-state index is 0.0194. The first kappa shape index (κ1) is 13.3. The molecule has 0 aliphatic rings. The predicted octanol–water partition coefficient (Wildman–Crippen LogP) is 4.15. The van der Waals surface area contributed by atoms with Crippen LogP contribution in [0.25, 0.3) is 0 Å². The molecule has 2 aromatic rings. The number of aromatic nitrogens is 1. The molecule has 3 nitrogen and oxygen atoms in total. The first-order valence-corrected chi connectivity index (χ1v) is 5.90. The van der Waals surface area contributed by atoms with E-state index in [9.17, 15) is 4.39 Å². The number of aryl methyl sites for hydroxylation is 2. The Hall–Kier alpha value is -2.12. The first-order chi connectivity index (χ1) is 9.01. The molecule has 1 aromatic heterocycles. The van der Waals surface area contributed by atoms with E-state index in [0.717, 1.165) is 6.07 Å². The van der Waals surface area contributed by atoms with Crippen LogP contribution in [0, 0.1) is 31.0 Å². The molecule has 0 unspecified atom stereocenters. The molecule has 0 spiro atoms. The number of nitrogens with zero attached hydrogens (tertiary/aromatic N) is 2. The molecule has 0 bridgehead atoms. The van der Waals surface area contributed by atoms with Crippen molar-refractivity contribution in [2.75, 3.05) is 0 Å². The summed E-state index contributed by atoms with van der Waals surface area (Å²) in [4.78, 5) is 4.17. The van der Waals surface area contributed by atoms with Gasteiger partial charge in [-0.15, -0.1) is 0 Å². The van der Waals surface area contributed by atoms with Gasteiger partial charge in [0.2, 0.25) is 0 Å². The zero-order valence-corrected chi connectivity index (χ0v) is 11.1. The molecule has 0 saturated heterocycles. The van der Waals surface area contributed by atoms with Gasteiger partial charge in [-0.3, -0.25) is 4.98 Å². The SMILES string of the molecule is Cc1cc(Oc2ccc(Cl)cc2F)c(C#N)c(C)n1. The van der Waals surface area contributed by atoms with Crippen LogP contribution >= 0.6 is 11.6 Å². The van der Waals surface area contributed by atoms with E-state index in [-0.39, 0.29) is 16.5 Å². The standard InChI is InChI=1S/C14H10ClFN2O/c1-8-5-14(11(7-17)9(2)18-8)19-13-4-3-10(15)6-12(13)16/h3-6H,1-2H3. The van der Waals surface area contributed by atoms with Crippen LogP contribution in [0.5, 0.6) is 11.5 Å². The van der Waals surface area contributed by atoms with Crippen LogP contribution < -0.4 is 4.74 Å². The molecule has 0 N–H and O–H groups in total. The maximum atomic E-state index is 13.7. The Kier molecular flexibility index (Phi) is 3.68. The number of pyridine rings is 1. The lowest BCUT2D eigenvalue weighted by Gasteiger charge is -2.10. The Bertz CT molecular complexity index is 680. The number of nitriles is 1. The Morgan fingerprint density at radius 1 is 1.26 bits per heavy atom. The van der Waals surface area contributed by atoms with E-state index in [4.69, 9.17) is 21.6 Å². The third kappa shape index (κ3) is 2.83. The van der Waals surface area contributed by atoms with Gasteiger partial charge in [0.25, 0.3) is 0 Å². The van der Waals surface area contributed by atoms with Gasteiger partial charge in [-0.05, 0) is 32.0 Å². The summed E-state index contributed by atoms with van der Waals surface area (Å²) in [6.45, 7) is 3.48. The zero-order chi connectivity index (χ0) is 14.0. The van der Waals surface area contributed by atoms with Gasteiger partial charge >= 0.3 is 0 Å². The van der Waals surface area contributed by atoms with E-state index in [1.54, 1.807) is 19.9 Å². The van der Waals surface area contributed by atoms with E-state index in [0.29, 0.717) is 17.0 Å². The fourth-order valence-corrected chi connectivity index (χ4v) is 1.84. The summed E-state index contributed by atoms with van der Waals surface area (Å²) in [6.07, 6.45) is 0. The molecule has 1 aromatic carbocycles. The van der Waals surface area contributed by atoms with Gasteiger partial charge in [-0.1, -0.05) is 11.6 Å². The molecule has 0 aliphatic heterocycles. The van der Waals surface area contributed by atoms with Crippen LogP contribution in [-0.2, 0) is 0 Å². The smallest absolute Gasteiger partial charge is 0.167 e. The Morgan fingerprint density at radius 3 is 2.63 bits per heavy atom. The molecule has 0 fully saturated rings. The highest BCUT2D eigenvalue weighted by molar-refractivity contribution is 6.30. The summed E-state index contributed by atoms with van der Waals surface area (Å²) in [5.74, 6) is -0.275. The van der Waals surface area contributed by atoms with Gasteiger partial charge in [0.05, 0.1) is 5.69 Å². The molecule has 0 atom stereocenters. The van der Waals surface area contributed by atoms with Crippen molar-refractivity contribution >= 4 is 11.6 Å². The highest BCUT2D eigenvalue weighted by Crippen LogP contribution is 2.30. The number of ether oxygens (including phenoxy) is 1. The second-order valence-corrected chi connectivity index (χ2v) is 4.45. The minimum Gasteiger partial charge on any atom is -0.453 e. The number of benzene rings is 1. The number of rotatable bonds is 2. The van der Waals surface area contributed by atoms with Gasteiger partial charge in [0.15, 0.2) is 11.6 Å². The lowest BCUT2D eigenvalue weighted by atomic mass is 10.2. The molecule has 0 saturated carbocycles. The largest absolute Gasteiger partial charge is 0.453 e. The van der Waals surface area contributed by atoms with Gasteiger partial charge in [0.1, 0.15) is 17.4 Å². The Morgan fingerprint density at radius 2 is 2.00 bits per heavy atom. The van der Waals surface area contributed by atoms with Crippen molar-refractivity contribution in [3.63, 3.8) is 0 Å². The van der Waals surface area contributed by atoms with Gasteiger partial charge < -0.3 is 4.74 Å². The van der Waals surface area contributed by atoms with Crippen molar-refractivity contribution in [1.82, 2.24) is 4.98 Å². The lowest BCUT2D eigenvalue weighted by molar-refractivity contribution is 0.440.